The van der Waals surface area contributed by atoms with E-state index in [2.05, 4.69) is 33.7 Å². The van der Waals surface area contributed by atoms with Crippen LogP contribution < -0.4 is 11.0 Å². The van der Waals surface area contributed by atoms with Gasteiger partial charge in [-0.1, -0.05) is 35.4 Å². The quantitative estimate of drug-likeness (QED) is 0.438. The number of amides is 1. The van der Waals surface area contributed by atoms with E-state index in [0.717, 1.165) is 32.6 Å². The average molecular weight is 461 g/mol. The molecule has 0 fully saturated rings. The Morgan fingerprint density at radius 3 is 2.58 bits per heavy atom. The Kier molecular flexibility index (Phi) is 5.02. The Labute approximate surface area is 194 Å². The third kappa shape index (κ3) is 3.78. The fourth-order valence-corrected chi connectivity index (χ4v) is 3.97. The maximum atomic E-state index is 12.9. The van der Waals surface area contributed by atoms with Crippen molar-refractivity contribution in [2.75, 3.05) is 5.32 Å². The summed E-state index contributed by atoms with van der Waals surface area (Å²) in [5.41, 5.74) is 6.23. The summed E-state index contributed by atoms with van der Waals surface area (Å²) in [5, 5.41) is 12.4. The second-order valence-corrected chi connectivity index (χ2v) is 8.53. The van der Waals surface area contributed by atoms with Crippen molar-refractivity contribution in [3.05, 3.63) is 87.1 Å². The van der Waals surface area contributed by atoms with Gasteiger partial charge in [-0.15, -0.1) is 5.10 Å². The second-order valence-electron chi connectivity index (χ2n) is 8.12. The zero-order valence-electron chi connectivity index (χ0n) is 18.3. The number of anilines is 1. The summed E-state index contributed by atoms with van der Waals surface area (Å²) in [6.07, 6.45) is 3.31. The van der Waals surface area contributed by atoms with Crippen molar-refractivity contribution < 1.29 is 4.79 Å². The third-order valence-electron chi connectivity index (χ3n) is 5.61. The fourth-order valence-electron chi connectivity index (χ4n) is 3.79. The van der Waals surface area contributed by atoms with Gasteiger partial charge in [-0.25, -0.2) is 18.4 Å². The Hall–Kier alpha value is -3.91. The Morgan fingerprint density at radius 1 is 1.00 bits per heavy atom. The van der Waals surface area contributed by atoms with E-state index in [1.54, 1.807) is 29.0 Å². The van der Waals surface area contributed by atoms with Crippen LogP contribution in [0.25, 0.3) is 22.4 Å². The molecule has 2 aromatic carbocycles. The van der Waals surface area contributed by atoms with Crippen LogP contribution in [0.2, 0.25) is 5.02 Å². The lowest BCUT2D eigenvalue weighted by molar-refractivity contribution is -0.117. The summed E-state index contributed by atoms with van der Waals surface area (Å²) in [4.78, 5) is 25.4. The molecule has 0 saturated heterocycles. The summed E-state index contributed by atoms with van der Waals surface area (Å²) in [5.74, 6) is -0.374. The molecule has 1 N–H and O–H groups in total. The van der Waals surface area contributed by atoms with E-state index in [9.17, 15) is 9.59 Å². The van der Waals surface area contributed by atoms with Crippen molar-refractivity contribution in [2.45, 2.75) is 27.3 Å². The van der Waals surface area contributed by atoms with Gasteiger partial charge in [0.1, 0.15) is 12.1 Å². The first-order valence-electron chi connectivity index (χ1n) is 10.4. The number of fused-ring (bicyclic) bond motifs is 3. The molecule has 0 atom stereocenters. The minimum atomic E-state index is -0.404. The Balaban J connectivity index is 1.50. The van der Waals surface area contributed by atoms with Crippen molar-refractivity contribution in [3.8, 4) is 11.3 Å². The molecule has 0 radical (unpaired) electrons. The molecule has 3 aromatic heterocycles. The van der Waals surface area contributed by atoms with E-state index < -0.39 is 5.69 Å². The van der Waals surface area contributed by atoms with Crippen LogP contribution in [0.15, 0.2) is 59.7 Å². The summed E-state index contributed by atoms with van der Waals surface area (Å²) in [6, 6.07) is 13.4. The van der Waals surface area contributed by atoms with Gasteiger partial charge >= 0.3 is 5.69 Å². The Morgan fingerprint density at radius 2 is 1.79 bits per heavy atom. The Bertz CT molecular complexity index is 1610. The number of rotatable bonds is 4. The lowest BCUT2D eigenvalue weighted by atomic mass is 10.0. The SMILES string of the molecule is Cc1ccc(C)c(-c2cc3c4nn(CC(=O)Nc5ccc(C)c(Cl)c5)c(=O)n4ccn3n2)c1. The highest BCUT2D eigenvalue weighted by atomic mass is 35.5. The highest BCUT2D eigenvalue weighted by Gasteiger charge is 2.16. The number of nitrogens with one attached hydrogen (secondary N) is 1. The minimum absolute atomic E-state index is 0.226. The summed E-state index contributed by atoms with van der Waals surface area (Å²) < 4.78 is 4.25. The first-order valence-corrected chi connectivity index (χ1v) is 10.8. The molecule has 0 bridgehead atoms. The maximum absolute atomic E-state index is 12.9. The number of aryl methyl sites for hydroxylation is 3. The van der Waals surface area contributed by atoms with Gasteiger partial charge in [0.2, 0.25) is 5.91 Å². The largest absolute Gasteiger partial charge is 0.350 e. The lowest BCUT2D eigenvalue weighted by Crippen LogP contribution is -2.28. The van der Waals surface area contributed by atoms with E-state index in [0.29, 0.717) is 21.9 Å². The van der Waals surface area contributed by atoms with Crippen molar-refractivity contribution in [1.82, 2.24) is 23.8 Å². The molecule has 1 amide bonds. The van der Waals surface area contributed by atoms with Gasteiger partial charge < -0.3 is 5.32 Å². The predicted molar refractivity (Wildman–Crippen MR) is 128 cm³/mol. The number of aromatic nitrogens is 5. The van der Waals surface area contributed by atoms with Gasteiger partial charge in [-0.3, -0.25) is 4.79 Å². The molecule has 5 rings (SSSR count). The zero-order valence-corrected chi connectivity index (χ0v) is 19.1. The molecule has 9 heteroatoms. The van der Waals surface area contributed by atoms with E-state index in [4.69, 9.17) is 11.6 Å². The number of hydrogen-bond acceptors (Lipinski definition) is 4. The summed E-state index contributed by atoms with van der Waals surface area (Å²) in [6.45, 7) is 5.73. The second kappa shape index (κ2) is 7.90. The van der Waals surface area contributed by atoms with Crippen LogP contribution in [-0.2, 0) is 11.3 Å². The standard InChI is InChI=1S/C24H21ClN6O2/c1-14-4-5-15(2)18(10-14)20-12-21-23-28-31(24(33)29(23)8-9-30(21)27-20)13-22(32)26-17-7-6-16(3)19(25)11-17/h4-12H,13H2,1-3H3,(H,26,32). The number of carbonyl (C=O) groups is 1. The number of hydrogen-bond donors (Lipinski definition) is 1. The smallest absolute Gasteiger partial charge is 0.324 e. The van der Waals surface area contributed by atoms with Crippen LogP contribution in [0, 0.1) is 20.8 Å². The van der Waals surface area contributed by atoms with E-state index >= 15 is 0 Å². The molecule has 0 spiro atoms. The van der Waals surface area contributed by atoms with Crippen LogP contribution in [0.5, 0.6) is 0 Å². The van der Waals surface area contributed by atoms with Gasteiger partial charge in [0.15, 0.2) is 5.65 Å². The van der Waals surface area contributed by atoms with E-state index in [1.807, 2.05) is 32.9 Å². The lowest BCUT2D eigenvalue weighted by Gasteiger charge is -2.06. The topological polar surface area (TPSA) is 85.7 Å². The molecule has 0 aliphatic heterocycles. The first-order chi connectivity index (χ1) is 15.8. The van der Waals surface area contributed by atoms with Crippen LogP contribution in [0.4, 0.5) is 5.69 Å². The molecule has 0 aliphatic rings. The van der Waals surface area contributed by atoms with E-state index in [1.165, 1.54) is 4.40 Å². The number of nitrogens with zero attached hydrogens (tertiary/aromatic N) is 5. The first kappa shape index (κ1) is 21.0. The molecule has 3 heterocycles. The summed E-state index contributed by atoms with van der Waals surface area (Å²) >= 11 is 6.13. The average Bonchev–Trinajstić information content (AvgIpc) is 3.34. The molecule has 0 saturated carbocycles. The van der Waals surface area contributed by atoms with Gasteiger partial charge in [0.25, 0.3) is 0 Å². The van der Waals surface area contributed by atoms with Crippen molar-refractivity contribution in [2.24, 2.45) is 0 Å². The molecule has 0 aliphatic carbocycles. The molecule has 5 aromatic rings. The number of carbonyl (C=O) groups excluding carboxylic acids is 1. The van der Waals surface area contributed by atoms with Crippen molar-refractivity contribution in [1.29, 1.82) is 0 Å². The monoisotopic (exact) mass is 460 g/mol. The van der Waals surface area contributed by atoms with Gasteiger partial charge in [0.05, 0.1) is 5.69 Å². The van der Waals surface area contributed by atoms with Gasteiger partial charge in [-0.2, -0.15) is 5.10 Å². The van der Waals surface area contributed by atoms with E-state index in [-0.39, 0.29) is 12.5 Å². The van der Waals surface area contributed by atoms with Crippen LogP contribution in [0.3, 0.4) is 0 Å². The molecule has 0 unspecified atom stereocenters. The predicted octanol–water partition coefficient (Wildman–Crippen LogP) is 4.03. The number of benzene rings is 2. The molecule has 166 valence electrons. The normalized spacial score (nSPS) is 11.4. The molecule has 33 heavy (non-hydrogen) atoms. The molecule has 8 nitrogen and oxygen atoms in total. The minimum Gasteiger partial charge on any atom is -0.324 e. The fraction of sp³-hybridized carbons (Fsp3) is 0.167. The zero-order chi connectivity index (χ0) is 23.3. The van der Waals surface area contributed by atoms with Gasteiger partial charge in [0, 0.05) is 28.7 Å². The van der Waals surface area contributed by atoms with Crippen LogP contribution in [-0.4, -0.2) is 29.7 Å². The third-order valence-corrected chi connectivity index (χ3v) is 6.02. The van der Waals surface area contributed by atoms with Crippen LogP contribution >= 0.6 is 11.6 Å². The highest BCUT2D eigenvalue weighted by Crippen LogP contribution is 2.25. The molecular weight excluding hydrogens is 440 g/mol. The van der Waals surface area contributed by atoms with Crippen LogP contribution in [0.1, 0.15) is 16.7 Å². The number of halogens is 1. The van der Waals surface area contributed by atoms with Crippen molar-refractivity contribution in [3.63, 3.8) is 0 Å². The van der Waals surface area contributed by atoms with Crippen molar-refractivity contribution >= 4 is 34.4 Å². The summed E-state index contributed by atoms with van der Waals surface area (Å²) in [7, 11) is 0. The van der Waals surface area contributed by atoms with Gasteiger partial charge in [-0.05, 0) is 56.2 Å². The molecular formula is C24H21ClN6O2. The maximum Gasteiger partial charge on any atom is 0.350 e. The highest BCUT2D eigenvalue weighted by molar-refractivity contribution is 6.31.